The molecule has 5 rings (SSSR count). The number of aromatic nitrogens is 1. The maximum absolute atomic E-state index is 14.2. The summed E-state index contributed by atoms with van der Waals surface area (Å²) in [7, 11) is 1.41. The Balaban J connectivity index is 1.39. The minimum Gasteiger partial charge on any atom is -0.508 e. The molecule has 3 aromatic carbocycles. The molecule has 5 amide bonds. The number of H-pyrrole nitrogens is 1. The molecule has 0 bridgehead atoms. The maximum Gasteiger partial charge on any atom is 0.307 e. The highest BCUT2D eigenvalue weighted by atomic mass is 16.4. The van der Waals surface area contributed by atoms with E-state index in [1.54, 1.807) is 48.7 Å². The summed E-state index contributed by atoms with van der Waals surface area (Å²) < 4.78 is 0. The molecule has 0 unspecified atom stereocenters. The highest BCUT2D eigenvalue weighted by molar-refractivity contribution is 5.96. The Morgan fingerprint density at radius 2 is 1.21 bits per heavy atom. The summed E-state index contributed by atoms with van der Waals surface area (Å²) >= 11 is 0. The monoisotopic (exact) mass is 796 g/mol. The van der Waals surface area contributed by atoms with Gasteiger partial charge in [-0.2, -0.15) is 0 Å². The van der Waals surface area contributed by atoms with E-state index in [9.17, 15) is 48.9 Å². The van der Waals surface area contributed by atoms with Crippen LogP contribution in [0.4, 0.5) is 0 Å². The summed E-state index contributed by atoms with van der Waals surface area (Å²) in [4.78, 5) is 95.4. The number of nitrogens with one attached hydrogen (secondary N) is 6. The van der Waals surface area contributed by atoms with Crippen LogP contribution in [-0.2, 0) is 52.8 Å². The summed E-state index contributed by atoms with van der Waals surface area (Å²) in [5.41, 5.74) is 2.74. The largest absolute Gasteiger partial charge is 0.508 e. The fraction of sp³-hybridized carbons (Fsp3) is 0.357. The minimum atomic E-state index is -1.45. The van der Waals surface area contributed by atoms with Crippen LogP contribution < -0.4 is 26.6 Å². The molecular formula is C42H48N6O10. The number of carboxylic acids is 2. The molecule has 0 spiro atoms. The van der Waals surface area contributed by atoms with Gasteiger partial charge in [0.05, 0.1) is 11.8 Å². The zero-order valence-corrected chi connectivity index (χ0v) is 31.9. The van der Waals surface area contributed by atoms with E-state index in [0.717, 1.165) is 16.5 Å². The number of fused-ring (bicyclic) bond motifs is 1. The number of para-hydroxylation sites is 1. The van der Waals surface area contributed by atoms with Crippen LogP contribution in [0, 0.1) is 11.8 Å². The summed E-state index contributed by atoms with van der Waals surface area (Å²) in [5.74, 6) is -7.77. The van der Waals surface area contributed by atoms with Gasteiger partial charge in [0.25, 0.3) is 0 Å². The van der Waals surface area contributed by atoms with Crippen molar-refractivity contribution in [2.75, 3.05) is 7.05 Å². The number of carbonyl (C=O) groups excluding carboxylic acids is 5. The first-order valence-electron chi connectivity index (χ1n) is 19.1. The second-order valence-electron chi connectivity index (χ2n) is 14.4. The van der Waals surface area contributed by atoms with Crippen LogP contribution in [0.25, 0.3) is 10.9 Å². The summed E-state index contributed by atoms with van der Waals surface area (Å²) in [6.45, 7) is 0. The average molecular weight is 797 g/mol. The van der Waals surface area contributed by atoms with E-state index < -0.39 is 83.9 Å². The standard InChI is InChI=1S/C42H48N6O10/c1-43-38(53)35(22-26-23-44-31-13-6-5-10-28(26)31)48-39(54)32(18-19-36(50)51)45-40(55)34(20-24-8-3-2-4-9-24)47-41(56)33(21-25-14-16-27(49)17-15-25)46-37(52)29-11-7-12-30(29)42(57)58/h2-6,8-10,13-17,23,29-30,32-35,44,49H,7,11-12,18-22H2,1H3,(H,43,53)(H,45,55)(H,46,52)(H,47,56)(H,48,54)(H,50,51)(H,57,58)/t29-,30-,32+,33+,34+,35+/m1/s1. The smallest absolute Gasteiger partial charge is 0.307 e. The van der Waals surface area contributed by atoms with Crippen LogP contribution in [0.5, 0.6) is 5.75 Å². The van der Waals surface area contributed by atoms with Gasteiger partial charge in [0.15, 0.2) is 0 Å². The van der Waals surface area contributed by atoms with Gasteiger partial charge >= 0.3 is 11.9 Å². The van der Waals surface area contributed by atoms with Crippen LogP contribution in [-0.4, -0.2) is 93.0 Å². The van der Waals surface area contributed by atoms with Crippen LogP contribution in [0.15, 0.2) is 85.1 Å². The molecule has 1 aliphatic carbocycles. The van der Waals surface area contributed by atoms with E-state index in [1.165, 1.54) is 19.2 Å². The fourth-order valence-electron chi connectivity index (χ4n) is 7.24. The van der Waals surface area contributed by atoms with Gasteiger partial charge in [-0.25, -0.2) is 0 Å². The molecule has 1 heterocycles. The zero-order valence-electron chi connectivity index (χ0n) is 31.9. The van der Waals surface area contributed by atoms with E-state index in [1.807, 2.05) is 24.3 Å². The first kappa shape index (κ1) is 42.4. The molecule has 58 heavy (non-hydrogen) atoms. The van der Waals surface area contributed by atoms with E-state index >= 15 is 0 Å². The van der Waals surface area contributed by atoms with E-state index in [4.69, 9.17) is 0 Å². The molecule has 1 aromatic heterocycles. The van der Waals surface area contributed by atoms with Crippen molar-refractivity contribution in [1.82, 2.24) is 31.6 Å². The second kappa shape index (κ2) is 19.9. The third-order valence-corrected chi connectivity index (χ3v) is 10.4. The Morgan fingerprint density at radius 3 is 1.84 bits per heavy atom. The number of benzene rings is 3. The lowest BCUT2D eigenvalue weighted by molar-refractivity contribution is -0.146. The van der Waals surface area contributed by atoms with Crippen molar-refractivity contribution in [2.24, 2.45) is 11.8 Å². The third-order valence-electron chi connectivity index (χ3n) is 10.4. The van der Waals surface area contributed by atoms with Crippen molar-refractivity contribution >= 4 is 52.4 Å². The Kier molecular flexibility index (Phi) is 14.6. The number of carboxylic acid groups (broad SMARTS) is 2. The second-order valence-corrected chi connectivity index (χ2v) is 14.4. The predicted octanol–water partition coefficient (Wildman–Crippen LogP) is 1.95. The van der Waals surface area contributed by atoms with Gasteiger partial charge < -0.3 is 46.9 Å². The number of phenolic OH excluding ortho intramolecular Hbond substituents is 1. The number of aliphatic carboxylic acids is 2. The lowest BCUT2D eigenvalue weighted by Gasteiger charge is -2.27. The van der Waals surface area contributed by atoms with Gasteiger partial charge in [0, 0.05) is 49.8 Å². The third kappa shape index (κ3) is 11.4. The quantitative estimate of drug-likeness (QED) is 0.0667. The lowest BCUT2D eigenvalue weighted by atomic mass is 9.94. The average Bonchev–Trinajstić information content (AvgIpc) is 3.88. The number of likely N-dealkylation sites (N-methyl/N-ethyl adjacent to an activating group) is 1. The van der Waals surface area contributed by atoms with Gasteiger partial charge in [-0.1, -0.05) is 67.1 Å². The Hall–Kier alpha value is -6.71. The molecule has 0 aliphatic heterocycles. The molecule has 16 nitrogen and oxygen atoms in total. The van der Waals surface area contributed by atoms with Gasteiger partial charge in [-0.3, -0.25) is 33.6 Å². The molecule has 0 radical (unpaired) electrons. The summed E-state index contributed by atoms with van der Waals surface area (Å²) in [5, 5.41) is 43.1. The Labute approximate surface area is 334 Å². The SMILES string of the molecule is CNC(=O)[C@H](Cc1c[nH]c2ccccc12)NC(=O)[C@H](CCC(=O)O)NC(=O)[C@H](Cc1ccccc1)NC(=O)[C@H](Cc1ccc(O)cc1)NC(=O)[C@@H]1CCC[C@H]1C(=O)O. The van der Waals surface area contributed by atoms with Crippen LogP contribution in [0.3, 0.4) is 0 Å². The molecule has 16 heteroatoms. The first-order chi connectivity index (χ1) is 27.8. The van der Waals surface area contributed by atoms with Crippen molar-refractivity contribution in [1.29, 1.82) is 0 Å². The molecule has 4 aromatic rings. The molecule has 6 atom stereocenters. The molecule has 306 valence electrons. The highest BCUT2D eigenvalue weighted by Gasteiger charge is 2.39. The van der Waals surface area contributed by atoms with Crippen LogP contribution in [0.1, 0.15) is 48.8 Å². The molecule has 1 aliphatic rings. The van der Waals surface area contributed by atoms with Crippen molar-refractivity contribution in [2.45, 2.75) is 75.5 Å². The van der Waals surface area contributed by atoms with Gasteiger partial charge in [-0.15, -0.1) is 0 Å². The number of carbonyl (C=O) groups is 7. The summed E-state index contributed by atoms with van der Waals surface area (Å²) in [6, 6.07) is 16.8. The number of hydrogen-bond acceptors (Lipinski definition) is 8. The van der Waals surface area contributed by atoms with Crippen molar-refractivity contribution in [3.05, 3.63) is 102 Å². The predicted molar refractivity (Wildman–Crippen MR) is 211 cm³/mol. The molecular weight excluding hydrogens is 748 g/mol. The topological polar surface area (TPSA) is 256 Å². The van der Waals surface area contributed by atoms with Crippen molar-refractivity contribution < 1.29 is 48.9 Å². The van der Waals surface area contributed by atoms with Gasteiger partial charge in [0.1, 0.15) is 29.9 Å². The van der Waals surface area contributed by atoms with E-state index in [-0.39, 0.29) is 31.4 Å². The normalized spacial score (nSPS) is 16.9. The van der Waals surface area contributed by atoms with Crippen LogP contribution >= 0.6 is 0 Å². The Bertz CT molecular complexity index is 2100. The molecule has 1 fully saturated rings. The summed E-state index contributed by atoms with van der Waals surface area (Å²) in [6.07, 6.45) is 1.93. The number of hydrogen-bond donors (Lipinski definition) is 9. The van der Waals surface area contributed by atoms with Crippen molar-refractivity contribution in [3.63, 3.8) is 0 Å². The maximum atomic E-state index is 14.2. The van der Waals surface area contributed by atoms with Gasteiger partial charge in [-0.05, 0) is 54.2 Å². The molecule has 9 N–H and O–H groups in total. The lowest BCUT2D eigenvalue weighted by Crippen LogP contribution is -2.59. The minimum absolute atomic E-state index is 0.0234. The molecule has 1 saturated carbocycles. The number of amides is 5. The Morgan fingerprint density at radius 1 is 0.655 bits per heavy atom. The van der Waals surface area contributed by atoms with E-state index in [0.29, 0.717) is 30.4 Å². The number of rotatable bonds is 19. The number of aromatic hydroxyl groups is 1. The fourth-order valence-corrected chi connectivity index (χ4v) is 7.24. The van der Waals surface area contributed by atoms with Crippen LogP contribution in [0.2, 0.25) is 0 Å². The number of aromatic amines is 1. The van der Waals surface area contributed by atoms with E-state index in [2.05, 4.69) is 31.6 Å². The van der Waals surface area contributed by atoms with Gasteiger partial charge in [0.2, 0.25) is 29.5 Å². The highest BCUT2D eigenvalue weighted by Crippen LogP contribution is 2.32. The zero-order chi connectivity index (χ0) is 41.8. The molecule has 0 saturated heterocycles. The first-order valence-corrected chi connectivity index (χ1v) is 19.1. The number of phenols is 1. The van der Waals surface area contributed by atoms with Crippen molar-refractivity contribution in [3.8, 4) is 5.75 Å².